The summed E-state index contributed by atoms with van der Waals surface area (Å²) in [5.41, 5.74) is 3.68. The normalized spacial score (nSPS) is 14.1. The molecule has 34 heavy (non-hydrogen) atoms. The predicted molar refractivity (Wildman–Crippen MR) is 116 cm³/mol. The number of nitrogens with zero attached hydrogens (tertiary/aromatic N) is 6. The van der Waals surface area contributed by atoms with Gasteiger partial charge in [0.05, 0.1) is 34.2 Å². The van der Waals surface area contributed by atoms with Gasteiger partial charge in [0, 0.05) is 25.4 Å². The van der Waals surface area contributed by atoms with Crippen LogP contribution in [0.5, 0.6) is 5.75 Å². The summed E-state index contributed by atoms with van der Waals surface area (Å²) in [4.78, 5) is 14.7. The highest BCUT2D eigenvalue weighted by atomic mass is 35.5. The number of alkyl halides is 3. The minimum Gasteiger partial charge on any atom is -0.480 e. The number of halogens is 4. The zero-order chi connectivity index (χ0) is 24.9. The Morgan fingerprint density at radius 2 is 1.97 bits per heavy atom. The lowest BCUT2D eigenvalue weighted by Gasteiger charge is -2.23. The molecule has 0 radical (unpaired) electrons. The molecule has 0 N–H and O–H groups in total. The maximum Gasteiger partial charge on any atom is 0.425 e. The first-order chi connectivity index (χ1) is 15.9. The van der Waals surface area contributed by atoms with Crippen LogP contribution in [0.4, 0.5) is 13.2 Å². The van der Waals surface area contributed by atoms with E-state index in [-0.39, 0.29) is 35.0 Å². The molecule has 0 saturated carbocycles. The van der Waals surface area contributed by atoms with Gasteiger partial charge in [0.1, 0.15) is 23.1 Å². The number of carbonyl (C=O) groups is 1. The number of aromatic nitrogens is 4. The molecule has 3 aromatic rings. The monoisotopic (exact) mass is 492 g/mol. The molecule has 0 saturated heterocycles. The Morgan fingerprint density at radius 1 is 1.26 bits per heavy atom. The third-order valence-electron chi connectivity index (χ3n) is 5.77. The summed E-state index contributed by atoms with van der Waals surface area (Å²) in [7, 11) is 1.84. The van der Waals surface area contributed by atoms with Gasteiger partial charge >= 0.3 is 6.18 Å². The third kappa shape index (κ3) is 3.98. The van der Waals surface area contributed by atoms with Crippen molar-refractivity contribution in [3.8, 4) is 17.5 Å². The summed E-state index contributed by atoms with van der Waals surface area (Å²) in [6.07, 6.45) is -5.01. The van der Waals surface area contributed by atoms with E-state index in [1.165, 1.54) is 11.0 Å². The first kappa shape index (κ1) is 23.6. The summed E-state index contributed by atoms with van der Waals surface area (Å²) in [6, 6.07) is 4.22. The first-order valence-electron chi connectivity index (χ1n) is 10.3. The highest BCUT2D eigenvalue weighted by Crippen LogP contribution is 2.36. The van der Waals surface area contributed by atoms with Crippen molar-refractivity contribution >= 4 is 17.5 Å². The van der Waals surface area contributed by atoms with Crippen LogP contribution in [0.15, 0.2) is 18.3 Å². The summed E-state index contributed by atoms with van der Waals surface area (Å²) < 4.78 is 47.7. The Morgan fingerprint density at radius 3 is 2.53 bits per heavy atom. The lowest BCUT2D eigenvalue weighted by Crippen LogP contribution is -2.33. The zero-order valence-corrected chi connectivity index (χ0v) is 19.5. The van der Waals surface area contributed by atoms with E-state index in [1.54, 1.807) is 15.6 Å². The lowest BCUT2D eigenvalue weighted by molar-refractivity contribution is -0.189. The molecular formula is C22H20ClF3N6O2. The Hall–Kier alpha value is -3.52. The molecule has 0 spiro atoms. The van der Waals surface area contributed by atoms with Crippen LogP contribution in [0.3, 0.4) is 0 Å². The third-order valence-corrected chi connectivity index (χ3v) is 6.16. The fourth-order valence-corrected chi connectivity index (χ4v) is 4.14. The Labute approximate surface area is 198 Å². The minimum absolute atomic E-state index is 0.0401. The van der Waals surface area contributed by atoms with Gasteiger partial charge in [0.15, 0.2) is 6.10 Å². The summed E-state index contributed by atoms with van der Waals surface area (Å²) in [6.45, 7) is 4.93. The van der Waals surface area contributed by atoms with Crippen molar-refractivity contribution < 1.29 is 22.7 Å². The van der Waals surface area contributed by atoms with Gasteiger partial charge in [-0.3, -0.25) is 9.48 Å². The number of hydrogen-bond donors (Lipinski definition) is 0. The second kappa shape index (κ2) is 8.36. The Kier molecular flexibility index (Phi) is 5.81. The number of ether oxygens (including phenoxy) is 1. The number of benzene rings is 1. The summed E-state index contributed by atoms with van der Waals surface area (Å²) >= 11 is 6.25. The fraction of sp³-hybridized carbons (Fsp3) is 0.364. The van der Waals surface area contributed by atoms with Crippen molar-refractivity contribution in [2.24, 2.45) is 7.05 Å². The van der Waals surface area contributed by atoms with E-state index in [0.717, 1.165) is 35.6 Å². The number of rotatable bonds is 4. The maximum atomic E-state index is 13.3. The molecule has 0 unspecified atom stereocenters. The van der Waals surface area contributed by atoms with Crippen LogP contribution in [-0.2, 0) is 20.1 Å². The number of hydrogen-bond acceptors (Lipinski definition) is 5. The van der Waals surface area contributed by atoms with Gasteiger partial charge in [-0.05, 0) is 32.9 Å². The van der Waals surface area contributed by atoms with Gasteiger partial charge in [-0.2, -0.15) is 28.6 Å². The van der Waals surface area contributed by atoms with E-state index in [2.05, 4.69) is 10.2 Å². The zero-order valence-electron chi connectivity index (χ0n) is 18.7. The molecule has 0 fully saturated rings. The highest BCUT2D eigenvalue weighted by Gasteiger charge is 2.39. The number of amides is 1. The quantitative estimate of drug-likeness (QED) is 0.543. The molecule has 1 atom stereocenters. The first-order valence-corrected chi connectivity index (χ1v) is 10.6. The van der Waals surface area contributed by atoms with Gasteiger partial charge in [-0.15, -0.1) is 0 Å². The van der Waals surface area contributed by atoms with Gasteiger partial charge in [-0.1, -0.05) is 11.6 Å². The molecule has 0 bridgehead atoms. The van der Waals surface area contributed by atoms with Crippen LogP contribution in [0.2, 0.25) is 5.02 Å². The largest absolute Gasteiger partial charge is 0.480 e. The lowest BCUT2D eigenvalue weighted by atomic mass is 10.1. The number of nitriles is 1. The molecule has 1 aromatic carbocycles. The van der Waals surface area contributed by atoms with Crippen molar-refractivity contribution in [3.05, 3.63) is 57.1 Å². The van der Waals surface area contributed by atoms with Crippen LogP contribution in [0, 0.1) is 25.2 Å². The number of aryl methyl sites for hydroxylation is 2. The van der Waals surface area contributed by atoms with Crippen LogP contribution >= 0.6 is 11.6 Å². The van der Waals surface area contributed by atoms with Crippen molar-refractivity contribution in [2.45, 2.75) is 46.1 Å². The molecule has 1 amide bonds. The van der Waals surface area contributed by atoms with Crippen LogP contribution < -0.4 is 4.74 Å². The Bertz CT molecular complexity index is 1310. The molecule has 12 heteroatoms. The fourth-order valence-electron chi connectivity index (χ4n) is 3.86. The Balaban J connectivity index is 1.64. The molecule has 0 aliphatic carbocycles. The van der Waals surface area contributed by atoms with Gasteiger partial charge in [-0.25, -0.2) is 4.68 Å². The topological polar surface area (TPSA) is 89.0 Å². The molecule has 178 valence electrons. The summed E-state index contributed by atoms with van der Waals surface area (Å²) in [5.74, 6) is -0.986. The second-order valence-electron chi connectivity index (χ2n) is 8.06. The standard InChI is InChI=1S/C22H20ClF3N6O2/c1-11-20(12(2)30(4)28-11)32-9-15-8-31(10-16(15)29-32)21(33)18-17(34-13(3)22(24,25)26)6-5-14(7-27)19(18)23/h5-6,9,13H,8,10H2,1-4H3/t13-/m0/s1. The number of fused-ring (bicyclic) bond motifs is 1. The molecule has 1 aliphatic rings. The van der Waals surface area contributed by atoms with Crippen LogP contribution in [0.1, 0.15) is 45.5 Å². The van der Waals surface area contributed by atoms with Crippen molar-refractivity contribution in [1.82, 2.24) is 24.5 Å². The van der Waals surface area contributed by atoms with E-state index in [0.29, 0.717) is 5.69 Å². The van der Waals surface area contributed by atoms with E-state index < -0.39 is 18.2 Å². The van der Waals surface area contributed by atoms with E-state index in [9.17, 15) is 23.2 Å². The molecule has 4 rings (SSSR count). The van der Waals surface area contributed by atoms with Crippen molar-refractivity contribution in [2.75, 3.05) is 0 Å². The number of carbonyl (C=O) groups excluding carboxylic acids is 1. The second-order valence-corrected chi connectivity index (χ2v) is 8.44. The predicted octanol–water partition coefficient (Wildman–Crippen LogP) is 4.23. The molecule has 8 nitrogen and oxygen atoms in total. The molecular weight excluding hydrogens is 473 g/mol. The summed E-state index contributed by atoms with van der Waals surface area (Å²) in [5, 5.41) is 18.0. The SMILES string of the molecule is Cc1nn(C)c(C)c1-n1cc2c(n1)CN(C(=O)c1c(O[C@@H](C)C(F)(F)F)ccc(C#N)c1Cl)C2. The molecule has 1 aliphatic heterocycles. The van der Waals surface area contributed by atoms with E-state index in [4.69, 9.17) is 16.3 Å². The average Bonchev–Trinajstić information content (AvgIpc) is 3.39. The maximum absolute atomic E-state index is 13.3. The van der Waals surface area contributed by atoms with Gasteiger partial charge in [0.25, 0.3) is 5.91 Å². The van der Waals surface area contributed by atoms with Gasteiger partial charge in [0.2, 0.25) is 0 Å². The van der Waals surface area contributed by atoms with Crippen LogP contribution in [-0.4, -0.2) is 42.6 Å². The smallest absolute Gasteiger partial charge is 0.425 e. The molecule has 2 aromatic heterocycles. The van der Waals surface area contributed by atoms with Gasteiger partial charge < -0.3 is 9.64 Å². The average molecular weight is 493 g/mol. The van der Waals surface area contributed by atoms with Crippen LogP contribution in [0.25, 0.3) is 5.69 Å². The molecule has 3 heterocycles. The highest BCUT2D eigenvalue weighted by molar-refractivity contribution is 6.35. The van der Waals surface area contributed by atoms with E-state index in [1.807, 2.05) is 27.0 Å². The van der Waals surface area contributed by atoms with Crippen molar-refractivity contribution in [3.63, 3.8) is 0 Å². The van der Waals surface area contributed by atoms with Crippen molar-refractivity contribution in [1.29, 1.82) is 5.26 Å². The van der Waals surface area contributed by atoms with E-state index >= 15 is 0 Å². The minimum atomic E-state index is -4.64.